The SMILES string of the molecule is CC(c1ccccc1F)N(C)Cc1cc(Cl)c(N)c(Cl)c1. The average molecular weight is 327 g/mol. The summed E-state index contributed by atoms with van der Waals surface area (Å²) in [7, 11) is 1.93. The standard InChI is InChI=1S/C16H17Cl2FN2/c1-10(12-5-3-4-6-15(12)19)21(2)9-11-7-13(17)16(20)14(18)8-11/h3-8,10H,9,20H2,1-2H3. The molecule has 2 rings (SSSR count). The van der Waals surface area contributed by atoms with Crippen LogP contribution >= 0.6 is 23.2 Å². The van der Waals surface area contributed by atoms with E-state index in [1.54, 1.807) is 24.3 Å². The predicted molar refractivity (Wildman–Crippen MR) is 87.2 cm³/mol. The topological polar surface area (TPSA) is 29.3 Å². The van der Waals surface area contributed by atoms with E-state index in [2.05, 4.69) is 0 Å². The monoisotopic (exact) mass is 326 g/mol. The molecule has 0 heterocycles. The summed E-state index contributed by atoms with van der Waals surface area (Å²) in [5.74, 6) is -0.203. The number of nitrogen functional groups attached to an aromatic ring is 1. The summed E-state index contributed by atoms with van der Waals surface area (Å²) in [5, 5.41) is 0.869. The summed E-state index contributed by atoms with van der Waals surface area (Å²) in [6.07, 6.45) is 0. The van der Waals surface area contributed by atoms with Gasteiger partial charge in [0, 0.05) is 18.2 Å². The Morgan fingerprint density at radius 3 is 2.33 bits per heavy atom. The van der Waals surface area contributed by atoms with Crippen LogP contribution in [0.3, 0.4) is 0 Å². The van der Waals surface area contributed by atoms with Crippen molar-refractivity contribution in [2.45, 2.75) is 19.5 Å². The largest absolute Gasteiger partial charge is 0.396 e. The molecular formula is C16H17Cl2FN2. The van der Waals surface area contributed by atoms with Crippen LogP contribution in [0.2, 0.25) is 10.0 Å². The molecule has 1 atom stereocenters. The third kappa shape index (κ3) is 3.67. The normalized spacial score (nSPS) is 12.7. The maximum Gasteiger partial charge on any atom is 0.127 e. The molecule has 0 aliphatic carbocycles. The minimum atomic E-state index is -0.203. The molecule has 2 N–H and O–H groups in total. The first-order valence-corrected chi connectivity index (χ1v) is 7.33. The molecule has 2 aromatic carbocycles. The van der Waals surface area contributed by atoms with Crippen molar-refractivity contribution in [2.75, 3.05) is 12.8 Å². The third-order valence-corrected chi connectivity index (χ3v) is 4.21. The summed E-state index contributed by atoms with van der Waals surface area (Å²) in [5.41, 5.74) is 7.70. The second-order valence-corrected chi connectivity index (χ2v) is 5.90. The number of benzene rings is 2. The Morgan fingerprint density at radius 2 is 1.76 bits per heavy atom. The first-order chi connectivity index (χ1) is 9.90. The van der Waals surface area contributed by atoms with Crippen molar-refractivity contribution in [1.29, 1.82) is 0 Å². The van der Waals surface area contributed by atoms with Gasteiger partial charge in [-0.05, 0) is 37.7 Å². The molecule has 1 unspecified atom stereocenters. The minimum absolute atomic E-state index is 0.0682. The van der Waals surface area contributed by atoms with Crippen molar-refractivity contribution in [1.82, 2.24) is 4.90 Å². The van der Waals surface area contributed by atoms with E-state index in [1.807, 2.05) is 24.9 Å². The van der Waals surface area contributed by atoms with E-state index in [1.165, 1.54) is 6.07 Å². The van der Waals surface area contributed by atoms with Gasteiger partial charge in [-0.1, -0.05) is 41.4 Å². The van der Waals surface area contributed by atoms with Crippen molar-refractivity contribution in [2.24, 2.45) is 0 Å². The van der Waals surface area contributed by atoms with Crippen LogP contribution in [-0.4, -0.2) is 11.9 Å². The van der Waals surface area contributed by atoms with E-state index in [9.17, 15) is 4.39 Å². The highest BCUT2D eigenvalue weighted by Crippen LogP contribution is 2.30. The van der Waals surface area contributed by atoms with Crippen molar-refractivity contribution < 1.29 is 4.39 Å². The number of hydrogen-bond donors (Lipinski definition) is 1. The van der Waals surface area contributed by atoms with Crippen molar-refractivity contribution in [3.8, 4) is 0 Å². The quantitative estimate of drug-likeness (QED) is 0.809. The number of hydrogen-bond acceptors (Lipinski definition) is 2. The molecule has 5 heteroatoms. The molecule has 0 aromatic heterocycles. The van der Waals surface area contributed by atoms with Crippen LogP contribution in [0, 0.1) is 5.82 Å². The highest BCUT2D eigenvalue weighted by Gasteiger charge is 2.16. The molecule has 2 nitrogen and oxygen atoms in total. The van der Waals surface area contributed by atoms with Gasteiger partial charge >= 0.3 is 0 Å². The van der Waals surface area contributed by atoms with E-state index < -0.39 is 0 Å². The van der Waals surface area contributed by atoms with Gasteiger partial charge in [0.2, 0.25) is 0 Å². The van der Waals surface area contributed by atoms with Gasteiger partial charge in [0.05, 0.1) is 15.7 Å². The lowest BCUT2D eigenvalue weighted by Gasteiger charge is -2.25. The van der Waals surface area contributed by atoms with Gasteiger partial charge < -0.3 is 5.73 Å². The maximum atomic E-state index is 13.8. The zero-order chi connectivity index (χ0) is 15.6. The second-order valence-electron chi connectivity index (χ2n) is 5.09. The molecule has 0 saturated carbocycles. The highest BCUT2D eigenvalue weighted by molar-refractivity contribution is 6.38. The molecule has 0 radical (unpaired) electrons. The molecule has 0 spiro atoms. The van der Waals surface area contributed by atoms with E-state index in [0.29, 0.717) is 27.8 Å². The number of rotatable bonds is 4. The van der Waals surface area contributed by atoms with Crippen molar-refractivity contribution in [3.05, 3.63) is 63.4 Å². The second kappa shape index (κ2) is 6.65. The fraction of sp³-hybridized carbons (Fsp3) is 0.250. The van der Waals surface area contributed by atoms with Crippen LogP contribution in [0.4, 0.5) is 10.1 Å². The van der Waals surface area contributed by atoms with Crippen LogP contribution in [0.25, 0.3) is 0 Å². The van der Waals surface area contributed by atoms with Crippen LogP contribution in [0.1, 0.15) is 24.1 Å². The van der Waals surface area contributed by atoms with Gasteiger partial charge in [-0.2, -0.15) is 0 Å². The molecule has 2 aromatic rings. The van der Waals surface area contributed by atoms with Crippen molar-refractivity contribution >= 4 is 28.9 Å². The molecule has 0 amide bonds. The van der Waals surface area contributed by atoms with Crippen LogP contribution in [-0.2, 0) is 6.54 Å². The van der Waals surface area contributed by atoms with Gasteiger partial charge in [-0.25, -0.2) is 4.39 Å². The van der Waals surface area contributed by atoms with Gasteiger partial charge in [0.25, 0.3) is 0 Å². The van der Waals surface area contributed by atoms with Gasteiger partial charge in [-0.15, -0.1) is 0 Å². The molecular weight excluding hydrogens is 310 g/mol. The summed E-state index contributed by atoms with van der Waals surface area (Å²) < 4.78 is 13.8. The Bertz CT molecular complexity index is 623. The lowest BCUT2D eigenvalue weighted by atomic mass is 10.1. The molecule has 0 aliphatic rings. The lowest BCUT2D eigenvalue weighted by Crippen LogP contribution is -2.22. The van der Waals surface area contributed by atoms with Crippen LogP contribution in [0.15, 0.2) is 36.4 Å². The Kier molecular flexibility index (Phi) is 5.09. The first-order valence-electron chi connectivity index (χ1n) is 6.58. The smallest absolute Gasteiger partial charge is 0.127 e. The average Bonchev–Trinajstić information content (AvgIpc) is 2.44. The summed E-state index contributed by atoms with van der Waals surface area (Å²) in [6, 6.07) is 10.3. The number of anilines is 1. The molecule has 0 fully saturated rings. The number of halogens is 3. The lowest BCUT2D eigenvalue weighted by molar-refractivity contribution is 0.248. The maximum absolute atomic E-state index is 13.8. The zero-order valence-electron chi connectivity index (χ0n) is 11.9. The number of nitrogens with two attached hydrogens (primary N) is 1. The highest BCUT2D eigenvalue weighted by atomic mass is 35.5. The van der Waals surface area contributed by atoms with Gasteiger partial charge in [0.15, 0.2) is 0 Å². The van der Waals surface area contributed by atoms with Gasteiger partial charge in [0.1, 0.15) is 5.82 Å². The molecule has 112 valence electrons. The van der Waals surface area contributed by atoms with E-state index in [-0.39, 0.29) is 11.9 Å². The molecule has 0 aliphatic heterocycles. The van der Waals surface area contributed by atoms with Crippen LogP contribution < -0.4 is 5.73 Å². The van der Waals surface area contributed by atoms with E-state index in [0.717, 1.165) is 5.56 Å². The fourth-order valence-electron chi connectivity index (χ4n) is 2.20. The summed E-state index contributed by atoms with van der Waals surface area (Å²) in [4.78, 5) is 2.02. The zero-order valence-corrected chi connectivity index (χ0v) is 13.4. The third-order valence-electron chi connectivity index (χ3n) is 3.59. The summed E-state index contributed by atoms with van der Waals surface area (Å²) >= 11 is 12.1. The van der Waals surface area contributed by atoms with Crippen LogP contribution in [0.5, 0.6) is 0 Å². The Morgan fingerprint density at radius 1 is 1.19 bits per heavy atom. The van der Waals surface area contributed by atoms with Crippen molar-refractivity contribution in [3.63, 3.8) is 0 Å². The Hall–Kier alpha value is -1.29. The van der Waals surface area contributed by atoms with Gasteiger partial charge in [-0.3, -0.25) is 4.90 Å². The van der Waals surface area contributed by atoms with E-state index in [4.69, 9.17) is 28.9 Å². The Labute approximate surface area is 134 Å². The first kappa shape index (κ1) is 16.1. The molecule has 0 bridgehead atoms. The van der Waals surface area contributed by atoms with E-state index >= 15 is 0 Å². The summed E-state index contributed by atoms with van der Waals surface area (Å²) in [6.45, 7) is 2.55. The Balaban J connectivity index is 2.18. The molecule has 21 heavy (non-hydrogen) atoms. The molecule has 0 saturated heterocycles. The minimum Gasteiger partial charge on any atom is -0.396 e. The predicted octanol–water partition coefficient (Wildman–Crippen LogP) is 4.91. The fourth-order valence-corrected chi connectivity index (χ4v) is 2.74. The number of nitrogens with zero attached hydrogens (tertiary/aromatic N) is 1.